The van der Waals surface area contributed by atoms with Crippen molar-refractivity contribution in [3.8, 4) is 0 Å². The summed E-state index contributed by atoms with van der Waals surface area (Å²) in [4.78, 5) is 29.1. The molecule has 1 rings (SSSR count). The molecule has 0 radical (unpaired) electrons. The van der Waals surface area contributed by atoms with E-state index in [2.05, 4.69) is 15.1 Å². The molecule has 0 aliphatic rings. The summed E-state index contributed by atoms with van der Waals surface area (Å²) in [6.07, 6.45) is 1.42. The van der Waals surface area contributed by atoms with Crippen molar-refractivity contribution in [2.24, 2.45) is 0 Å². The normalized spacial score (nSPS) is 8.80. The first-order chi connectivity index (χ1) is 6.70. The first-order valence-corrected chi connectivity index (χ1v) is 4.52. The maximum Gasteiger partial charge on any atom is 0.294 e. The number of amides is 1. The van der Waals surface area contributed by atoms with Crippen molar-refractivity contribution >= 4 is 29.7 Å². The molecule has 0 saturated carbocycles. The van der Waals surface area contributed by atoms with E-state index in [-0.39, 0.29) is 31.5 Å². The van der Waals surface area contributed by atoms with Crippen molar-refractivity contribution in [3.05, 3.63) is 26.7 Å². The summed E-state index contributed by atoms with van der Waals surface area (Å²) in [7, 11) is 0. The van der Waals surface area contributed by atoms with Gasteiger partial charge in [-0.15, -0.1) is 33.9 Å². The Labute approximate surface area is 95.0 Å². The Morgan fingerprint density at radius 3 is 3.00 bits per heavy atom. The first kappa shape index (κ1) is 13.6. The summed E-state index contributed by atoms with van der Waals surface area (Å²) in [5.41, 5.74) is 1.53. The molecular weight excluding hydrogens is 246 g/mol. The van der Waals surface area contributed by atoms with Crippen LogP contribution in [0.4, 0.5) is 0 Å². The molecule has 1 N–H and O–H groups in total. The van der Waals surface area contributed by atoms with Gasteiger partial charge in [-0.2, -0.15) is 0 Å². The molecule has 7 nitrogen and oxygen atoms in total. The van der Waals surface area contributed by atoms with Crippen molar-refractivity contribution in [2.45, 2.75) is 0 Å². The van der Waals surface area contributed by atoms with E-state index < -0.39 is 5.09 Å². The van der Waals surface area contributed by atoms with Crippen LogP contribution >= 0.6 is 23.7 Å². The lowest BCUT2D eigenvalue weighted by Gasteiger charge is -2.01. The minimum absolute atomic E-state index is 0. The lowest BCUT2D eigenvalue weighted by molar-refractivity contribution is -0.757. The number of hydrogen-bond donors (Lipinski definition) is 1. The van der Waals surface area contributed by atoms with Crippen LogP contribution in [0.3, 0.4) is 0 Å². The van der Waals surface area contributed by atoms with Crippen LogP contribution in [0.5, 0.6) is 0 Å². The highest BCUT2D eigenvalue weighted by molar-refractivity contribution is 7.11. The molecule has 0 unspecified atom stereocenters. The van der Waals surface area contributed by atoms with E-state index in [0.29, 0.717) is 4.88 Å². The van der Waals surface area contributed by atoms with E-state index in [1.165, 1.54) is 23.0 Å². The second kappa shape index (κ2) is 6.96. The predicted molar refractivity (Wildman–Crippen MR) is 54.6 cm³/mol. The quantitative estimate of drug-likeness (QED) is 0.469. The van der Waals surface area contributed by atoms with Crippen LogP contribution in [-0.2, 0) is 4.84 Å². The van der Waals surface area contributed by atoms with Gasteiger partial charge < -0.3 is 10.2 Å². The van der Waals surface area contributed by atoms with Crippen LogP contribution in [0.2, 0.25) is 0 Å². The summed E-state index contributed by atoms with van der Waals surface area (Å²) < 4.78 is 0. The van der Waals surface area contributed by atoms with E-state index in [0.717, 1.165) is 0 Å². The molecule has 0 aliphatic carbocycles. The van der Waals surface area contributed by atoms with Gasteiger partial charge in [0.2, 0.25) is 0 Å². The standard InChI is InChI=1S/C6H7N3O4S.ClH/c10-6(5-3-7-4-14-5)8-1-2-13-9(11)12;/h3-4H,1-2H2,(H,8,10);1H. The van der Waals surface area contributed by atoms with E-state index >= 15 is 0 Å². The SMILES string of the molecule is Cl.O=C(NCCO[N+](=O)[O-])c1cncs1. The second-order valence-electron chi connectivity index (χ2n) is 2.18. The third kappa shape index (κ3) is 5.13. The average Bonchev–Trinajstić information content (AvgIpc) is 2.64. The molecule has 0 fully saturated rings. The number of nitrogens with zero attached hydrogens (tertiary/aromatic N) is 2. The molecule has 0 saturated heterocycles. The first-order valence-electron chi connectivity index (χ1n) is 3.64. The number of halogens is 1. The number of nitrogens with one attached hydrogen (secondary N) is 1. The van der Waals surface area contributed by atoms with Gasteiger partial charge >= 0.3 is 0 Å². The topological polar surface area (TPSA) is 94.4 Å². The summed E-state index contributed by atoms with van der Waals surface area (Å²) in [6, 6.07) is 0. The number of thiazole rings is 1. The van der Waals surface area contributed by atoms with Crippen molar-refractivity contribution in [3.63, 3.8) is 0 Å². The number of carbonyl (C=O) groups is 1. The smallest absolute Gasteiger partial charge is 0.294 e. The summed E-state index contributed by atoms with van der Waals surface area (Å²) >= 11 is 1.20. The molecule has 1 amide bonds. The molecule has 0 atom stereocenters. The van der Waals surface area contributed by atoms with Crippen LogP contribution < -0.4 is 5.32 Å². The van der Waals surface area contributed by atoms with E-state index in [9.17, 15) is 14.9 Å². The molecular formula is C6H8ClN3O4S. The highest BCUT2D eigenvalue weighted by atomic mass is 35.5. The molecule has 0 aliphatic heterocycles. The van der Waals surface area contributed by atoms with Crippen molar-refractivity contribution < 1.29 is 14.7 Å². The third-order valence-corrected chi connectivity index (χ3v) is 2.01. The molecule has 9 heteroatoms. The van der Waals surface area contributed by atoms with E-state index in [1.54, 1.807) is 0 Å². The number of hydrogen-bond acceptors (Lipinski definition) is 6. The van der Waals surface area contributed by atoms with Gasteiger partial charge in [0.15, 0.2) is 0 Å². The lowest BCUT2D eigenvalue weighted by Crippen LogP contribution is -2.27. The summed E-state index contributed by atoms with van der Waals surface area (Å²) in [5, 5.41) is 11.3. The zero-order chi connectivity index (χ0) is 10.4. The monoisotopic (exact) mass is 253 g/mol. The van der Waals surface area contributed by atoms with Gasteiger partial charge in [0.1, 0.15) is 11.5 Å². The maximum absolute atomic E-state index is 11.2. The second-order valence-corrected chi connectivity index (χ2v) is 3.06. The molecule has 84 valence electrons. The minimum atomic E-state index is -0.904. The molecule has 0 spiro atoms. The number of carbonyl (C=O) groups excluding carboxylic acids is 1. The molecule has 1 aromatic heterocycles. The van der Waals surface area contributed by atoms with Crippen LogP contribution in [0.25, 0.3) is 0 Å². The van der Waals surface area contributed by atoms with Gasteiger partial charge in [-0.05, 0) is 0 Å². The zero-order valence-electron chi connectivity index (χ0n) is 7.41. The molecule has 1 aromatic rings. The molecule has 15 heavy (non-hydrogen) atoms. The summed E-state index contributed by atoms with van der Waals surface area (Å²) in [6.45, 7) is -0.0603. The maximum atomic E-state index is 11.2. The molecule has 1 heterocycles. The van der Waals surface area contributed by atoms with E-state index in [4.69, 9.17) is 0 Å². The van der Waals surface area contributed by atoms with Gasteiger partial charge in [-0.3, -0.25) is 9.78 Å². The predicted octanol–water partition coefficient (Wildman–Crippen LogP) is 0.503. The highest BCUT2D eigenvalue weighted by Crippen LogP contribution is 2.03. The Morgan fingerprint density at radius 1 is 1.73 bits per heavy atom. The van der Waals surface area contributed by atoms with Gasteiger partial charge in [0.05, 0.1) is 11.7 Å². The fourth-order valence-corrected chi connectivity index (χ4v) is 1.24. The highest BCUT2D eigenvalue weighted by Gasteiger charge is 2.05. The van der Waals surface area contributed by atoms with Gasteiger partial charge in [0.25, 0.3) is 11.0 Å². The Bertz CT molecular complexity index is 318. The Hall–Kier alpha value is -1.41. The van der Waals surface area contributed by atoms with Crippen LogP contribution in [0.15, 0.2) is 11.7 Å². The third-order valence-electron chi connectivity index (χ3n) is 1.24. The Morgan fingerprint density at radius 2 is 2.47 bits per heavy atom. The largest absolute Gasteiger partial charge is 0.349 e. The molecule has 0 bridgehead atoms. The fourth-order valence-electron chi connectivity index (χ4n) is 0.700. The van der Waals surface area contributed by atoms with Crippen molar-refractivity contribution in [2.75, 3.05) is 13.2 Å². The van der Waals surface area contributed by atoms with Gasteiger partial charge in [0, 0.05) is 6.54 Å². The Kier molecular flexibility index (Phi) is 6.30. The lowest BCUT2D eigenvalue weighted by atomic mass is 10.5. The average molecular weight is 254 g/mol. The van der Waals surface area contributed by atoms with Gasteiger partial charge in [-0.25, -0.2) is 0 Å². The summed E-state index contributed by atoms with van der Waals surface area (Å²) in [5.74, 6) is -0.306. The number of rotatable bonds is 5. The van der Waals surface area contributed by atoms with Crippen molar-refractivity contribution in [1.29, 1.82) is 0 Å². The fraction of sp³-hybridized carbons (Fsp3) is 0.333. The number of aromatic nitrogens is 1. The van der Waals surface area contributed by atoms with Crippen molar-refractivity contribution in [1.82, 2.24) is 10.3 Å². The minimum Gasteiger partial charge on any atom is -0.349 e. The van der Waals surface area contributed by atoms with Crippen LogP contribution in [0, 0.1) is 10.1 Å². The zero-order valence-corrected chi connectivity index (χ0v) is 9.05. The van der Waals surface area contributed by atoms with Gasteiger partial charge in [-0.1, -0.05) is 0 Å². The van der Waals surface area contributed by atoms with Crippen LogP contribution in [-0.4, -0.2) is 29.1 Å². The van der Waals surface area contributed by atoms with Crippen LogP contribution in [0.1, 0.15) is 9.67 Å². The Balaban J connectivity index is 0.00000196. The van der Waals surface area contributed by atoms with E-state index in [1.807, 2.05) is 0 Å². The molecule has 0 aromatic carbocycles.